The summed E-state index contributed by atoms with van der Waals surface area (Å²) in [7, 11) is 0. The van der Waals surface area contributed by atoms with E-state index in [1.807, 2.05) is 26.8 Å². The molecule has 2 heterocycles. The smallest absolute Gasteiger partial charge is 0.194 e. The summed E-state index contributed by atoms with van der Waals surface area (Å²) >= 11 is 1.46. The number of nitrogens with zero attached hydrogens (tertiary/aromatic N) is 4. The lowest BCUT2D eigenvalue weighted by molar-refractivity contribution is 0.877. The second kappa shape index (κ2) is 6.65. The third-order valence-electron chi connectivity index (χ3n) is 3.01. The van der Waals surface area contributed by atoms with Crippen LogP contribution < -0.4 is 5.32 Å². The van der Waals surface area contributed by atoms with Gasteiger partial charge >= 0.3 is 0 Å². The average Bonchev–Trinajstić information content (AvgIpc) is 2.43. The molecule has 0 saturated carbocycles. The highest BCUT2D eigenvalue weighted by Gasteiger charge is 2.08. The predicted octanol–water partition coefficient (Wildman–Crippen LogP) is 3.16. The molecule has 0 amide bonds. The molecule has 0 aliphatic heterocycles. The zero-order chi connectivity index (χ0) is 14.5. The highest BCUT2D eigenvalue weighted by molar-refractivity contribution is 7.99. The van der Waals surface area contributed by atoms with Crippen molar-refractivity contribution in [3.63, 3.8) is 0 Å². The van der Waals surface area contributed by atoms with Crippen LogP contribution in [0.4, 0.5) is 5.82 Å². The molecule has 0 aliphatic rings. The van der Waals surface area contributed by atoms with E-state index in [0.29, 0.717) is 0 Å². The maximum Gasteiger partial charge on any atom is 0.194 e. The maximum absolute atomic E-state index is 4.49. The van der Waals surface area contributed by atoms with Crippen LogP contribution in [0, 0.1) is 20.8 Å². The van der Waals surface area contributed by atoms with Crippen LogP contribution in [0.1, 0.15) is 30.3 Å². The van der Waals surface area contributed by atoms with Crippen LogP contribution in [0.5, 0.6) is 0 Å². The fourth-order valence-corrected chi connectivity index (χ4v) is 2.45. The summed E-state index contributed by atoms with van der Waals surface area (Å²) in [5.74, 6) is 0.838. The zero-order valence-electron chi connectivity index (χ0n) is 12.3. The Morgan fingerprint density at radius 2 is 1.80 bits per heavy atom. The maximum atomic E-state index is 4.49. The van der Waals surface area contributed by atoms with Crippen molar-refractivity contribution in [1.82, 2.24) is 19.9 Å². The average molecular weight is 289 g/mol. The van der Waals surface area contributed by atoms with E-state index >= 15 is 0 Å². The van der Waals surface area contributed by atoms with Crippen LogP contribution >= 0.6 is 11.8 Å². The molecule has 0 spiro atoms. The van der Waals surface area contributed by atoms with Crippen molar-refractivity contribution >= 4 is 17.6 Å². The Hall–Kier alpha value is -1.69. The highest BCUT2D eigenvalue weighted by Crippen LogP contribution is 2.25. The van der Waals surface area contributed by atoms with Gasteiger partial charge in [-0.15, -0.1) is 0 Å². The van der Waals surface area contributed by atoms with Gasteiger partial charge in [0.05, 0.1) is 0 Å². The number of nitrogens with one attached hydrogen (secondary N) is 1. The first-order valence-electron chi connectivity index (χ1n) is 6.65. The summed E-state index contributed by atoms with van der Waals surface area (Å²) in [5.41, 5.74) is 3.17. The van der Waals surface area contributed by atoms with Crippen molar-refractivity contribution in [2.24, 2.45) is 0 Å². The second-order valence-electron chi connectivity index (χ2n) is 4.57. The Bertz CT molecular complexity index is 577. The number of rotatable bonds is 5. The Morgan fingerprint density at radius 1 is 1.10 bits per heavy atom. The summed E-state index contributed by atoms with van der Waals surface area (Å²) in [6, 6.07) is 1.92. The monoisotopic (exact) mass is 289 g/mol. The molecule has 5 nitrogen and oxygen atoms in total. The molecule has 106 valence electrons. The van der Waals surface area contributed by atoms with Gasteiger partial charge in [0.25, 0.3) is 0 Å². The van der Waals surface area contributed by atoms with Gasteiger partial charge in [-0.2, -0.15) is 0 Å². The van der Waals surface area contributed by atoms with Crippen LogP contribution in [0.15, 0.2) is 22.6 Å². The number of aryl methyl sites for hydroxylation is 2. The topological polar surface area (TPSA) is 63.6 Å². The Labute approximate surface area is 123 Å². The molecule has 0 fully saturated rings. The van der Waals surface area contributed by atoms with Gasteiger partial charge in [0.1, 0.15) is 17.2 Å². The van der Waals surface area contributed by atoms with Crippen LogP contribution in [0.3, 0.4) is 0 Å². The molecule has 2 aromatic heterocycles. The molecule has 2 aromatic rings. The van der Waals surface area contributed by atoms with Crippen molar-refractivity contribution < 1.29 is 0 Å². The standard InChI is InChI=1S/C14H19N5S/c1-5-6-15-12-7-13(17-8-16-12)20-14-18-10(3)9(2)11(4)19-14/h7-8H,5-6H2,1-4H3,(H,15,16,17). The summed E-state index contributed by atoms with van der Waals surface area (Å²) in [4.78, 5) is 17.4. The van der Waals surface area contributed by atoms with E-state index in [9.17, 15) is 0 Å². The zero-order valence-corrected chi connectivity index (χ0v) is 13.1. The van der Waals surface area contributed by atoms with Crippen molar-refractivity contribution in [3.05, 3.63) is 29.3 Å². The molecular formula is C14H19N5S. The van der Waals surface area contributed by atoms with Crippen molar-refractivity contribution in [2.45, 2.75) is 44.3 Å². The van der Waals surface area contributed by atoms with E-state index in [-0.39, 0.29) is 0 Å². The molecule has 20 heavy (non-hydrogen) atoms. The second-order valence-corrected chi connectivity index (χ2v) is 5.56. The third-order valence-corrected chi connectivity index (χ3v) is 3.80. The predicted molar refractivity (Wildman–Crippen MR) is 81.2 cm³/mol. The van der Waals surface area contributed by atoms with Gasteiger partial charge in [0, 0.05) is 24.0 Å². The van der Waals surface area contributed by atoms with Crippen molar-refractivity contribution in [2.75, 3.05) is 11.9 Å². The van der Waals surface area contributed by atoms with Gasteiger partial charge in [-0.1, -0.05) is 6.92 Å². The van der Waals surface area contributed by atoms with Gasteiger partial charge in [0.2, 0.25) is 0 Å². The van der Waals surface area contributed by atoms with Gasteiger partial charge in [-0.05, 0) is 44.5 Å². The fraction of sp³-hybridized carbons (Fsp3) is 0.429. The van der Waals surface area contributed by atoms with Crippen molar-refractivity contribution in [3.8, 4) is 0 Å². The highest BCUT2D eigenvalue weighted by atomic mass is 32.2. The van der Waals surface area contributed by atoms with E-state index in [4.69, 9.17) is 0 Å². The molecule has 1 N–H and O–H groups in total. The van der Waals surface area contributed by atoms with Crippen LogP contribution in [-0.2, 0) is 0 Å². The lowest BCUT2D eigenvalue weighted by Crippen LogP contribution is -2.02. The molecular weight excluding hydrogens is 270 g/mol. The number of hydrogen-bond acceptors (Lipinski definition) is 6. The molecule has 2 rings (SSSR count). The van der Waals surface area contributed by atoms with Gasteiger partial charge in [0.15, 0.2) is 5.16 Å². The Balaban J connectivity index is 2.17. The molecule has 0 aromatic carbocycles. The first-order valence-corrected chi connectivity index (χ1v) is 7.47. The number of hydrogen-bond donors (Lipinski definition) is 1. The summed E-state index contributed by atoms with van der Waals surface area (Å²) < 4.78 is 0. The summed E-state index contributed by atoms with van der Waals surface area (Å²) in [6.07, 6.45) is 2.63. The lowest BCUT2D eigenvalue weighted by atomic mass is 10.2. The molecule has 6 heteroatoms. The fourth-order valence-electron chi connectivity index (χ4n) is 1.63. The first-order chi connectivity index (χ1) is 9.60. The molecule has 0 radical (unpaired) electrons. The minimum Gasteiger partial charge on any atom is -0.370 e. The molecule has 0 unspecified atom stereocenters. The quantitative estimate of drug-likeness (QED) is 0.674. The number of anilines is 1. The van der Waals surface area contributed by atoms with Gasteiger partial charge in [-0.3, -0.25) is 0 Å². The minimum atomic E-state index is 0.728. The van der Waals surface area contributed by atoms with E-state index in [2.05, 4.69) is 32.2 Å². The Kier molecular flexibility index (Phi) is 4.89. The third kappa shape index (κ3) is 3.66. The molecule has 0 saturated heterocycles. The van der Waals surface area contributed by atoms with Crippen LogP contribution in [0.2, 0.25) is 0 Å². The molecule has 0 bridgehead atoms. The van der Waals surface area contributed by atoms with Gasteiger partial charge < -0.3 is 5.32 Å². The normalized spacial score (nSPS) is 10.6. The summed E-state index contributed by atoms with van der Waals surface area (Å²) in [5, 5.41) is 4.82. The van der Waals surface area contributed by atoms with E-state index in [0.717, 1.165) is 45.9 Å². The van der Waals surface area contributed by atoms with Crippen LogP contribution in [-0.4, -0.2) is 26.5 Å². The molecule has 0 atom stereocenters. The van der Waals surface area contributed by atoms with E-state index in [1.54, 1.807) is 6.33 Å². The van der Waals surface area contributed by atoms with E-state index in [1.165, 1.54) is 11.8 Å². The number of aromatic nitrogens is 4. The Morgan fingerprint density at radius 3 is 2.45 bits per heavy atom. The van der Waals surface area contributed by atoms with Gasteiger partial charge in [-0.25, -0.2) is 19.9 Å². The largest absolute Gasteiger partial charge is 0.370 e. The lowest BCUT2D eigenvalue weighted by Gasteiger charge is -2.07. The minimum absolute atomic E-state index is 0.728. The first kappa shape index (κ1) is 14.7. The van der Waals surface area contributed by atoms with E-state index < -0.39 is 0 Å². The SMILES string of the molecule is CCCNc1cc(Sc2nc(C)c(C)c(C)n2)ncn1. The van der Waals surface area contributed by atoms with Crippen LogP contribution in [0.25, 0.3) is 0 Å². The van der Waals surface area contributed by atoms with Crippen molar-refractivity contribution in [1.29, 1.82) is 0 Å². The molecule has 0 aliphatic carbocycles. The summed E-state index contributed by atoms with van der Waals surface area (Å²) in [6.45, 7) is 9.07.